The van der Waals surface area contributed by atoms with E-state index in [-0.39, 0.29) is 29.9 Å². The number of nitrogens with one attached hydrogen (secondary N) is 1. The third-order valence-corrected chi connectivity index (χ3v) is 6.35. The molecule has 36 heavy (non-hydrogen) atoms. The van der Waals surface area contributed by atoms with Crippen LogP contribution in [0, 0.1) is 0 Å². The molecule has 198 valence electrons. The summed E-state index contributed by atoms with van der Waals surface area (Å²) in [6.07, 6.45) is 6.36. The van der Waals surface area contributed by atoms with Crippen molar-refractivity contribution in [3.8, 4) is 22.9 Å². The molecule has 1 aromatic heterocycles. The fraction of sp³-hybridized carbons (Fsp3) is 0.654. The van der Waals surface area contributed by atoms with Gasteiger partial charge in [-0.3, -0.25) is 9.59 Å². The number of ether oxygens (including phenoxy) is 2. The van der Waals surface area contributed by atoms with Gasteiger partial charge in [0.05, 0.1) is 14.2 Å². The quantitative estimate of drug-likeness (QED) is 0.502. The number of rotatable bonds is 11. The van der Waals surface area contributed by atoms with Crippen LogP contribution in [0.15, 0.2) is 18.2 Å². The molecule has 1 N–H and O–H groups in total. The standard InChI is InChI=1S/C26H40N6O4/c1-7-8-13-20(25(34)27-26(2,3)4)32(19-11-9-10-12-19)23(33)17-31-29-24(28-30-31)18-14-15-21(35-5)22(16-18)36-6/h14-16,19-20H,7-13,17H2,1-6H3,(H,27,34)/t20-/m1/s1. The first-order valence-corrected chi connectivity index (χ1v) is 12.8. The Balaban J connectivity index is 1.84. The number of aromatic nitrogens is 4. The molecule has 0 unspecified atom stereocenters. The van der Waals surface area contributed by atoms with Gasteiger partial charge in [-0.25, -0.2) is 0 Å². The Labute approximate surface area is 213 Å². The van der Waals surface area contributed by atoms with E-state index in [2.05, 4.69) is 27.7 Å². The third-order valence-electron chi connectivity index (χ3n) is 6.35. The maximum Gasteiger partial charge on any atom is 0.247 e. The van der Waals surface area contributed by atoms with Crippen molar-refractivity contribution in [2.75, 3.05) is 14.2 Å². The van der Waals surface area contributed by atoms with E-state index in [0.29, 0.717) is 29.3 Å². The van der Waals surface area contributed by atoms with Crippen molar-refractivity contribution in [3.05, 3.63) is 18.2 Å². The molecule has 0 radical (unpaired) electrons. The summed E-state index contributed by atoms with van der Waals surface area (Å²) in [5.74, 6) is 1.27. The number of hydrogen-bond acceptors (Lipinski definition) is 7. The molecule has 10 nitrogen and oxygen atoms in total. The molecular formula is C26H40N6O4. The molecule has 2 aromatic rings. The number of tetrazole rings is 1. The average Bonchev–Trinajstić information content (AvgIpc) is 3.52. The Morgan fingerprint density at radius 3 is 2.47 bits per heavy atom. The summed E-state index contributed by atoms with van der Waals surface area (Å²) in [7, 11) is 3.14. The van der Waals surface area contributed by atoms with Crippen molar-refractivity contribution in [2.45, 2.75) is 96.8 Å². The molecule has 10 heteroatoms. The summed E-state index contributed by atoms with van der Waals surface area (Å²) >= 11 is 0. The van der Waals surface area contributed by atoms with Crippen LogP contribution in [0.3, 0.4) is 0 Å². The van der Waals surface area contributed by atoms with Gasteiger partial charge in [0.1, 0.15) is 12.6 Å². The minimum atomic E-state index is -0.520. The predicted octanol–water partition coefficient (Wildman–Crippen LogP) is 3.60. The van der Waals surface area contributed by atoms with Crippen LogP contribution >= 0.6 is 0 Å². The highest BCUT2D eigenvalue weighted by molar-refractivity contribution is 5.88. The molecule has 0 aliphatic heterocycles. The second kappa shape index (κ2) is 12.2. The van der Waals surface area contributed by atoms with Crippen molar-refractivity contribution in [2.24, 2.45) is 0 Å². The zero-order chi connectivity index (χ0) is 26.3. The van der Waals surface area contributed by atoms with Gasteiger partial charge in [0.25, 0.3) is 0 Å². The van der Waals surface area contributed by atoms with E-state index in [1.807, 2.05) is 31.7 Å². The lowest BCUT2D eigenvalue weighted by molar-refractivity contribution is -0.145. The maximum atomic E-state index is 13.7. The van der Waals surface area contributed by atoms with Crippen molar-refractivity contribution in [1.82, 2.24) is 30.4 Å². The van der Waals surface area contributed by atoms with E-state index in [4.69, 9.17) is 9.47 Å². The van der Waals surface area contributed by atoms with Crippen molar-refractivity contribution in [1.29, 1.82) is 0 Å². The number of amides is 2. The van der Waals surface area contributed by atoms with Crippen LogP contribution < -0.4 is 14.8 Å². The molecule has 1 atom stereocenters. The van der Waals surface area contributed by atoms with Crippen molar-refractivity contribution < 1.29 is 19.1 Å². The van der Waals surface area contributed by atoms with Gasteiger partial charge in [-0.15, -0.1) is 10.2 Å². The first-order valence-electron chi connectivity index (χ1n) is 12.8. The molecular weight excluding hydrogens is 460 g/mol. The molecule has 2 amide bonds. The smallest absolute Gasteiger partial charge is 0.247 e. The Kier molecular flexibility index (Phi) is 9.28. The minimum absolute atomic E-state index is 0.0407. The minimum Gasteiger partial charge on any atom is -0.493 e. The maximum absolute atomic E-state index is 13.7. The normalized spacial score (nSPS) is 14.9. The van der Waals surface area contributed by atoms with Gasteiger partial charge in [-0.1, -0.05) is 32.6 Å². The molecule has 0 saturated heterocycles. The first kappa shape index (κ1) is 27.4. The summed E-state index contributed by atoms with van der Waals surface area (Å²) in [6.45, 7) is 7.88. The Morgan fingerprint density at radius 2 is 1.86 bits per heavy atom. The Morgan fingerprint density at radius 1 is 1.17 bits per heavy atom. The van der Waals surface area contributed by atoms with Crippen LogP contribution in [-0.4, -0.2) is 68.8 Å². The van der Waals surface area contributed by atoms with E-state index in [0.717, 1.165) is 38.5 Å². The molecule has 1 fully saturated rings. The van der Waals surface area contributed by atoms with Crippen LogP contribution in [-0.2, 0) is 16.1 Å². The number of nitrogens with zero attached hydrogens (tertiary/aromatic N) is 5. The molecule has 0 bridgehead atoms. The SMILES string of the molecule is CCCC[C@H](C(=O)NC(C)(C)C)N(C(=O)Cn1nnc(-c2ccc(OC)c(OC)c2)n1)C1CCCC1. The van der Waals surface area contributed by atoms with Gasteiger partial charge < -0.3 is 19.7 Å². The lowest BCUT2D eigenvalue weighted by Gasteiger charge is -2.37. The zero-order valence-corrected chi connectivity index (χ0v) is 22.4. The highest BCUT2D eigenvalue weighted by Gasteiger charge is 2.37. The molecule has 3 rings (SSSR count). The first-order chi connectivity index (χ1) is 17.2. The molecule has 1 saturated carbocycles. The largest absolute Gasteiger partial charge is 0.493 e. The lowest BCUT2D eigenvalue weighted by atomic mass is 10.0. The Hall–Kier alpha value is -3.17. The average molecular weight is 501 g/mol. The fourth-order valence-electron chi connectivity index (χ4n) is 4.66. The molecule has 1 aromatic carbocycles. The number of carbonyl (C=O) groups excluding carboxylic acids is 2. The van der Waals surface area contributed by atoms with E-state index in [1.165, 1.54) is 4.80 Å². The van der Waals surface area contributed by atoms with Gasteiger partial charge in [-0.05, 0) is 63.4 Å². The highest BCUT2D eigenvalue weighted by Crippen LogP contribution is 2.31. The molecule has 1 aliphatic carbocycles. The topological polar surface area (TPSA) is 111 Å². The zero-order valence-electron chi connectivity index (χ0n) is 22.4. The summed E-state index contributed by atoms with van der Waals surface area (Å²) in [5.41, 5.74) is 0.317. The fourth-order valence-corrected chi connectivity index (χ4v) is 4.66. The van der Waals surface area contributed by atoms with E-state index in [9.17, 15) is 9.59 Å². The summed E-state index contributed by atoms with van der Waals surface area (Å²) < 4.78 is 10.7. The van der Waals surface area contributed by atoms with Crippen LogP contribution in [0.25, 0.3) is 11.4 Å². The van der Waals surface area contributed by atoms with Gasteiger partial charge in [-0.2, -0.15) is 4.80 Å². The van der Waals surface area contributed by atoms with E-state index in [1.54, 1.807) is 26.4 Å². The van der Waals surface area contributed by atoms with Gasteiger partial charge in [0.15, 0.2) is 11.5 Å². The molecule has 1 aliphatic rings. The Bertz CT molecular complexity index is 1030. The predicted molar refractivity (Wildman–Crippen MR) is 137 cm³/mol. The van der Waals surface area contributed by atoms with E-state index < -0.39 is 6.04 Å². The summed E-state index contributed by atoms with van der Waals surface area (Å²) in [6, 6.07) is 4.87. The molecule has 0 spiro atoms. The summed E-state index contributed by atoms with van der Waals surface area (Å²) in [5, 5.41) is 15.8. The van der Waals surface area contributed by atoms with Gasteiger partial charge in [0, 0.05) is 17.1 Å². The van der Waals surface area contributed by atoms with Crippen LogP contribution in [0.5, 0.6) is 11.5 Å². The number of benzene rings is 1. The van der Waals surface area contributed by atoms with Crippen LogP contribution in [0.2, 0.25) is 0 Å². The molecule has 1 heterocycles. The monoisotopic (exact) mass is 500 g/mol. The number of methoxy groups -OCH3 is 2. The summed E-state index contributed by atoms with van der Waals surface area (Å²) in [4.78, 5) is 30.1. The number of carbonyl (C=O) groups is 2. The second-order valence-corrected chi connectivity index (χ2v) is 10.3. The van der Waals surface area contributed by atoms with E-state index >= 15 is 0 Å². The van der Waals surface area contributed by atoms with Crippen molar-refractivity contribution in [3.63, 3.8) is 0 Å². The second-order valence-electron chi connectivity index (χ2n) is 10.3. The number of hydrogen-bond donors (Lipinski definition) is 1. The lowest BCUT2D eigenvalue weighted by Crippen LogP contribution is -2.57. The highest BCUT2D eigenvalue weighted by atomic mass is 16.5. The third kappa shape index (κ3) is 6.95. The number of unbranched alkanes of at least 4 members (excludes halogenated alkanes) is 1. The van der Waals surface area contributed by atoms with Crippen LogP contribution in [0.4, 0.5) is 0 Å². The van der Waals surface area contributed by atoms with Gasteiger partial charge >= 0.3 is 0 Å². The van der Waals surface area contributed by atoms with Gasteiger partial charge in [0.2, 0.25) is 17.6 Å². The van der Waals surface area contributed by atoms with Crippen LogP contribution in [0.1, 0.15) is 72.6 Å². The van der Waals surface area contributed by atoms with Crippen molar-refractivity contribution >= 4 is 11.8 Å².